The van der Waals surface area contributed by atoms with Crippen molar-refractivity contribution in [3.63, 3.8) is 0 Å². The molecule has 0 saturated heterocycles. The molecule has 410 valence electrons. The first-order chi connectivity index (χ1) is 35.0. The number of hydrogen-bond donors (Lipinski definition) is 0. The molecule has 0 aliphatic heterocycles. The summed E-state index contributed by atoms with van der Waals surface area (Å²) in [4.78, 5) is 38.2. The predicted octanol–water partition coefficient (Wildman–Crippen LogP) is 20.5. The highest BCUT2D eigenvalue weighted by molar-refractivity contribution is 5.71. The van der Waals surface area contributed by atoms with E-state index in [0.29, 0.717) is 19.3 Å². The summed E-state index contributed by atoms with van der Waals surface area (Å²) >= 11 is 0. The second-order valence-corrected chi connectivity index (χ2v) is 20.2. The van der Waals surface area contributed by atoms with Gasteiger partial charge in [-0.2, -0.15) is 0 Å². The molecule has 71 heavy (non-hydrogen) atoms. The normalized spacial score (nSPS) is 12.5. The van der Waals surface area contributed by atoms with Crippen LogP contribution in [0.4, 0.5) is 0 Å². The van der Waals surface area contributed by atoms with Gasteiger partial charge >= 0.3 is 17.9 Å². The Morgan fingerprint density at radius 1 is 0.296 bits per heavy atom. The van der Waals surface area contributed by atoms with Crippen LogP contribution in [0.25, 0.3) is 0 Å². The SMILES string of the molecule is CC/C=C\C/C=C\C/C=C\C/C=C\C/C=C\C/C=C\CCC(=O)OC[C@H](COC(=O)CCCCCCCCCCCCCCCCCCCCC)OC(=O)CCCCCCCCCCCCCCCCC. The zero-order chi connectivity index (χ0) is 51.4. The van der Waals surface area contributed by atoms with Crippen LogP contribution in [0.15, 0.2) is 72.9 Å². The fourth-order valence-corrected chi connectivity index (χ4v) is 8.71. The summed E-state index contributed by atoms with van der Waals surface area (Å²) in [6.07, 6.45) is 76.3. The fraction of sp³-hybridized carbons (Fsp3) is 0.769. The molecule has 0 amide bonds. The molecule has 0 fully saturated rings. The number of allylic oxidation sites excluding steroid dienone is 12. The zero-order valence-corrected chi connectivity index (χ0v) is 47.0. The van der Waals surface area contributed by atoms with Crippen molar-refractivity contribution in [1.29, 1.82) is 0 Å². The van der Waals surface area contributed by atoms with Crippen LogP contribution in [0.5, 0.6) is 0 Å². The molecule has 0 saturated carbocycles. The summed E-state index contributed by atoms with van der Waals surface area (Å²) in [6.45, 7) is 6.50. The summed E-state index contributed by atoms with van der Waals surface area (Å²) in [6, 6.07) is 0. The largest absolute Gasteiger partial charge is 0.462 e. The smallest absolute Gasteiger partial charge is 0.306 e. The van der Waals surface area contributed by atoms with E-state index in [-0.39, 0.29) is 37.5 Å². The van der Waals surface area contributed by atoms with Crippen LogP contribution in [0.2, 0.25) is 0 Å². The Balaban J connectivity index is 4.43. The second kappa shape index (κ2) is 59.4. The number of carbonyl (C=O) groups is 3. The van der Waals surface area contributed by atoms with Crippen molar-refractivity contribution in [1.82, 2.24) is 0 Å². The molecule has 6 heteroatoms. The molecular weight excluding hydrogens is 877 g/mol. The van der Waals surface area contributed by atoms with Crippen LogP contribution in [0.3, 0.4) is 0 Å². The molecule has 0 aromatic carbocycles. The van der Waals surface area contributed by atoms with E-state index in [4.69, 9.17) is 14.2 Å². The highest BCUT2D eigenvalue weighted by Crippen LogP contribution is 2.17. The van der Waals surface area contributed by atoms with Gasteiger partial charge in [-0.15, -0.1) is 0 Å². The molecule has 1 atom stereocenters. The molecule has 0 heterocycles. The van der Waals surface area contributed by atoms with Crippen LogP contribution in [-0.4, -0.2) is 37.2 Å². The minimum atomic E-state index is -0.803. The first-order valence-electron chi connectivity index (χ1n) is 30.4. The number of hydrogen-bond acceptors (Lipinski definition) is 6. The van der Waals surface area contributed by atoms with Gasteiger partial charge < -0.3 is 14.2 Å². The molecule has 0 aliphatic rings. The molecule has 0 N–H and O–H groups in total. The number of unbranched alkanes of at least 4 members (excludes halogenated alkanes) is 32. The van der Waals surface area contributed by atoms with Crippen molar-refractivity contribution in [3.8, 4) is 0 Å². The minimum absolute atomic E-state index is 0.0943. The van der Waals surface area contributed by atoms with Crippen molar-refractivity contribution in [2.24, 2.45) is 0 Å². The molecule has 0 aromatic rings. The summed E-state index contributed by atoms with van der Waals surface area (Å²) in [5.41, 5.74) is 0. The van der Waals surface area contributed by atoms with E-state index in [0.717, 1.165) is 77.0 Å². The Morgan fingerprint density at radius 3 is 0.859 bits per heavy atom. The van der Waals surface area contributed by atoms with Crippen LogP contribution in [0, 0.1) is 0 Å². The monoisotopic (exact) mass is 991 g/mol. The van der Waals surface area contributed by atoms with Crippen molar-refractivity contribution in [2.75, 3.05) is 13.2 Å². The lowest BCUT2D eigenvalue weighted by atomic mass is 10.0. The van der Waals surface area contributed by atoms with Crippen molar-refractivity contribution >= 4 is 17.9 Å². The lowest BCUT2D eigenvalue weighted by Crippen LogP contribution is -2.30. The lowest BCUT2D eigenvalue weighted by molar-refractivity contribution is -0.166. The van der Waals surface area contributed by atoms with E-state index in [1.807, 2.05) is 6.08 Å². The second-order valence-electron chi connectivity index (χ2n) is 20.2. The number of carbonyl (C=O) groups excluding carboxylic acids is 3. The summed E-state index contributed by atoms with van der Waals surface area (Å²) < 4.78 is 16.8. The molecule has 0 radical (unpaired) electrons. The molecule has 0 bridgehead atoms. The highest BCUT2D eigenvalue weighted by atomic mass is 16.6. The van der Waals surface area contributed by atoms with Gasteiger partial charge in [-0.25, -0.2) is 0 Å². The third-order valence-electron chi connectivity index (χ3n) is 13.2. The van der Waals surface area contributed by atoms with Gasteiger partial charge in [-0.1, -0.05) is 299 Å². The lowest BCUT2D eigenvalue weighted by Gasteiger charge is -2.18. The van der Waals surface area contributed by atoms with Gasteiger partial charge in [-0.05, 0) is 57.8 Å². The highest BCUT2D eigenvalue weighted by Gasteiger charge is 2.19. The standard InChI is InChI=1S/C65H114O6/c1-4-7-10-13-16-19-22-25-28-30-32-34-37-39-42-45-48-51-54-57-63(66)69-60-62(71-65(68)59-56-53-50-47-44-41-36-27-24-21-18-15-12-9-6-3)61-70-64(67)58-55-52-49-46-43-40-38-35-33-31-29-26-23-20-17-14-11-8-5-2/h7,10,16,19,25,28,32,34,39,42,48,51,62H,4-6,8-9,11-15,17-18,20-24,26-27,29-31,33,35-38,40-41,43-47,49-50,52-61H2,1-3H3/b10-7-,19-16-,28-25-,34-32-,42-39-,51-48-/t62-/m1/s1. The molecular formula is C65H114O6. The topological polar surface area (TPSA) is 78.9 Å². The van der Waals surface area contributed by atoms with Gasteiger partial charge in [0.1, 0.15) is 13.2 Å². The van der Waals surface area contributed by atoms with Gasteiger partial charge in [-0.3, -0.25) is 14.4 Å². The first-order valence-corrected chi connectivity index (χ1v) is 30.4. The van der Waals surface area contributed by atoms with Gasteiger partial charge in [0, 0.05) is 19.3 Å². The average molecular weight is 992 g/mol. The Kier molecular flexibility index (Phi) is 56.8. The van der Waals surface area contributed by atoms with Crippen molar-refractivity contribution in [3.05, 3.63) is 72.9 Å². The van der Waals surface area contributed by atoms with Crippen molar-refractivity contribution < 1.29 is 28.6 Å². The maximum absolute atomic E-state index is 12.9. The first kappa shape index (κ1) is 67.8. The molecule has 0 unspecified atom stereocenters. The van der Waals surface area contributed by atoms with E-state index in [1.165, 1.54) is 180 Å². The Labute approximate surface area is 440 Å². The van der Waals surface area contributed by atoms with Gasteiger partial charge in [0.2, 0.25) is 0 Å². The number of ether oxygens (including phenoxy) is 3. The summed E-state index contributed by atoms with van der Waals surface area (Å²) in [5, 5.41) is 0. The third-order valence-corrected chi connectivity index (χ3v) is 13.2. The maximum Gasteiger partial charge on any atom is 0.306 e. The Bertz CT molecular complexity index is 1320. The quantitative estimate of drug-likeness (QED) is 0.0261. The molecule has 0 spiro atoms. The Hall–Kier alpha value is -3.15. The van der Waals surface area contributed by atoms with Crippen molar-refractivity contribution in [2.45, 2.75) is 309 Å². The minimum Gasteiger partial charge on any atom is -0.462 e. The molecule has 0 rings (SSSR count). The number of rotatable bonds is 55. The summed E-state index contributed by atoms with van der Waals surface area (Å²) in [5.74, 6) is -0.966. The van der Waals surface area contributed by atoms with E-state index in [9.17, 15) is 14.4 Å². The van der Waals surface area contributed by atoms with Gasteiger partial charge in [0.25, 0.3) is 0 Å². The fourth-order valence-electron chi connectivity index (χ4n) is 8.71. The average Bonchev–Trinajstić information content (AvgIpc) is 3.37. The van der Waals surface area contributed by atoms with Crippen LogP contribution in [-0.2, 0) is 28.6 Å². The third kappa shape index (κ3) is 57.6. The molecule has 6 nitrogen and oxygen atoms in total. The van der Waals surface area contributed by atoms with Gasteiger partial charge in [0.15, 0.2) is 6.10 Å². The summed E-state index contributed by atoms with van der Waals surface area (Å²) in [7, 11) is 0. The van der Waals surface area contributed by atoms with E-state index in [1.54, 1.807) is 0 Å². The van der Waals surface area contributed by atoms with Crippen LogP contribution >= 0.6 is 0 Å². The molecule has 0 aliphatic carbocycles. The van der Waals surface area contributed by atoms with Gasteiger partial charge in [0.05, 0.1) is 0 Å². The van der Waals surface area contributed by atoms with E-state index < -0.39 is 6.10 Å². The molecule has 0 aromatic heterocycles. The predicted molar refractivity (Wildman–Crippen MR) is 307 cm³/mol. The maximum atomic E-state index is 12.9. The Morgan fingerprint density at radius 2 is 0.549 bits per heavy atom. The van der Waals surface area contributed by atoms with E-state index in [2.05, 4.69) is 87.6 Å². The number of esters is 3. The van der Waals surface area contributed by atoms with Crippen LogP contribution in [0.1, 0.15) is 303 Å². The van der Waals surface area contributed by atoms with E-state index >= 15 is 0 Å². The van der Waals surface area contributed by atoms with Crippen LogP contribution < -0.4 is 0 Å². The zero-order valence-electron chi connectivity index (χ0n) is 47.0.